The van der Waals surface area contributed by atoms with Gasteiger partial charge >= 0.3 is 0 Å². The van der Waals surface area contributed by atoms with Crippen LogP contribution < -0.4 is 0 Å². The molecule has 2 aromatic rings. The Balaban J connectivity index is 1.48. The van der Waals surface area contributed by atoms with Crippen LogP contribution in [-0.2, 0) is 24.4 Å². The fraction of sp³-hybridized carbons (Fsp3) is 0.350. The summed E-state index contributed by atoms with van der Waals surface area (Å²) in [7, 11) is 1.88. The van der Waals surface area contributed by atoms with Gasteiger partial charge in [0.25, 0.3) is 5.91 Å². The number of hydrogen-bond donors (Lipinski definition) is 0. The Morgan fingerprint density at radius 3 is 2.65 bits per heavy atom. The summed E-state index contributed by atoms with van der Waals surface area (Å²) in [6.45, 7) is 2.08. The van der Waals surface area contributed by atoms with Crippen LogP contribution in [0.15, 0.2) is 48.5 Å². The van der Waals surface area contributed by atoms with Crippen molar-refractivity contribution in [3.63, 3.8) is 0 Å². The highest BCUT2D eigenvalue weighted by atomic mass is 16.5. The first-order valence-electron chi connectivity index (χ1n) is 8.23. The van der Waals surface area contributed by atoms with E-state index < -0.39 is 0 Å². The molecule has 0 atom stereocenters. The van der Waals surface area contributed by atoms with Crippen LogP contribution in [0.3, 0.4) is 0 Å². The molecule has 0 N–H and O–H groups in total. The molecule has 0 unspecified atom stereocenters. The van der Waals surface area contributed by atoms with E-state index in [1.807, 2.05) is 36.2 Å². The quantitative estimate of drug-likeness (QED) is 0.759. The lowest BCUT2D eigenvalue weighted by atomic mass is 10.1. The second kappa shape index (κ2) is 7.42. The van der Waals surface area contributed by atoms with Gasteiger partial charge < -0.3 is 9.64 Å². The SMILES string of the molecule is CN(CCCCc1ccccc1)C(=O)c1ccc2c(c1)COC2. The molecule has 0 fully saturated rings. The predicted molar refractivity (Wildman–Crippen MR) is 91.3 cm³/mol. The molecule has 0 saturated heterocycles. The van der Waals surface area contributed by atoms with E-state index in [1.165, 1.54) is 11.1 Å². The first-order chi connectivity index (χ1) is 11.2. The van der Waals surface area contributed by atoms with Gasteiger partial charge in [-0.15, -0.1) is 0 Å². The monoisotopic (exact) mass is 309 g/mol. The van der Waals surface area contributed by atoms with Crippen molar-refractivity contribution < 1.29 is 9.53 Å². The van der Waals surface area contributed by atoms with Crippen molar-refractivity contribution in [1.82, 2.24) is 4.90 Å². The van der Waals surface area contributed by atoms with Gasteiger partial charge in [0, 0.05) is 19.2 Å². The standard InChI is InChI=1S/C20H23NO2/c1-21(12-6-5-9-16-7-3-2-4-8-16)20(22)17-10-11-18-14-23-15-19(18)13-17/h2-4,7-8,10-11,13H,5-6,9,12,14-15H2,1H3. The van der Waals surface area contributed by atoms with E-state index in [-0.39, 0.29) is 5.91 Å². The summed E-state index contributed by atoms with van der Waals surface area (Å²) >= 11 is 0. The van der Waals surface area contributed by atoms with Crippen LogP contribution in [0.25, 0.3) is 0 Å². The molecule has 1 aliphatic rings. The first-order valence-corrected chi connectivity index (χ1v) is 8.23. The zero-order valence-electron chi connectivity index (χ0n) is 13.6. The Kier molecular flexibility index (Phi) is 5.09. The van der Waals surface area contributed by atoms with Gasteiger partial charge in [-0.2, -0.15) is 0 Å². The van der Waals surface area contributed by atoms with E-state index in [0.29, 0.717) is 13.2 Å². The summed E-state index contributed by atoms with van der Waals surface area (Å²) in [6.07, 6.45) is 3.18. The molecule has 1 amide bonds. The Bertz CT molecular complexity index is 667. The zero-order valence-corrected chi connectivity index (χ0v) is 13.6. The minimum Gasteiger partial charge on any atom is -0.372 e. The van der Waals surface area contributed by atoms with Crippen LogP contribution in [0.1, 0.15) is 39.9 Å². The minimum absolute atomic E-state index is 0.0967. The molecule has 0 spiro atoms. The topological polar surface area (TPSA) is 29.5 Å². The Hall–Kier alpha value is -2.13. The lowest BCUT2D eigenvalue weighted by molar-refractivity contribution is 0.0792. The smallest absolute Gasteiger partial charge is 0.253 e. The van der Waals surface area contributed by atoms with Gasteiger partial charge in [0.05, 0.1) is 13.2 Å². The second-order valence-electron chi connectivity index (χ2n) is 6.15. The number of nitrogens with zero attached hydrogens (tertiary/aromatic N) is 1. The third-order valence-corrected chi connectivity index (χ3v) is 4.37. The van der Waals surface area contributed by atoms with Crippen molar-refractivity contribution >= 4 is 5.91 Å². The van der Waals surface area contributed by atoms with Crippen LogP contribution in [0.5, 0.6) is 0 Å². The van der Waals surface area contributed by atoms with Crippen molar-refractivity contribution in [2.24, 2.45) is 0 Å². The van der Waals surface area contributed by atoms with Gasteiger partial charge in [0.1, 0.15) is 0 Å². The summed E-state index contributed by atoms with van der Waals surface area (Å²) in [6, 6.07) is 16.4. The molecule has 3 heteroatoms. The fourth-order valence-corrected chi connectivity index (χ4v) is 2.95. The summed E-state index contributed by atoms with van der Waals surface area (Å²) in [5.41, 5.74) is 4.47. The van der Waals surface area contributed by atoms with Crippen LogP contribution in [0.4, 0.5) is 0 Å². The molecule has 0 radical (unpaired) electrons. The number of carbonyl (C=O) groups excluding carboxylic acids is 1. The van der Waals surface area contributed by atoms with E-state index in [2.05, 4.69) is 24.3 Å². The molecule has 0 aromatic heterocycles. The first kappa shape index (κ1) is 15.8. The lowest BCUT2D eigenvalue weighted by Crippen LogP contribution is -2.27. The molecule has 23 heavy (non-hydrogen) atoms. The molecule has 3 rings (SSSR count). The van der Waals surface area contributed by atoms with Crippen molar-refractivity contribution in [3.8, 4) is 0 Å². The van der Waals surface area contributed by atoms with E-state index in [0.717, 1.165) is 36.9 Å². The van der Waals surface area contributed by atoms with Crippen LogP contribution in [-0.4, -0.2) is 24.4 Å². The van der Waals surface area contributed by atoms with E-state index >= 15 is 0 Å². The molecule has 3 nitrogen and oxygen atoms in total. The number of unbranched alkanes of at least 4 members (excludes halogenated alkanes) is 1. The van der Waals surface area contributed by atoms with E-state index in [4.69, 9.17) is 4.74 Å². The number of fused-ring (bicyclic) bond motifs is 1. The van der Waals surface area contributed by atoms with Crippen LogP contribution >= 0.6 is 0 Å². The minimum atomic E-state index is 0.0967. The zero-order chi connectivity index (χ0) is 16.1. The summed E-state index contributed by atoms with van der Waals surface area (Å²) in [5, 5.41) is 0. The largest absolute Gasteiger partial charge is 0.372 e. The summed E-state index contributed by atoms with van der Waals surface area (Å²) < 4.78 is 5.41. The highest BCUT2D eigenvalue weighted by Crippen LogP contribution is 2.21. The lowest BCUT2D eigenvalue weighted by Gasteiger charge is -2.17. The molecule has 1 aliphatic heterocycles. The molecule has 0 saturated carbocycles. The molecule has 1 heterocycles. The summed E-state index contributed by atoms with van der Waals surface area (Å²) in [4.78, 5) is 14.3. The van der Waals surface area contributed by atoms with Gasteiger partial charge in [0.2, 0.25) is 0 Å². The Morgan fingerprint density at radius 1 is 1.04 bits per heavy atom. The maximum Gasteiger partial charge on any atom is 0.253 e. The third kappa shape index (κ3) is 3.99. The average Bonchev–Trinajstić information content (AvgIpc) is 3.06. The number of carbonyl (C=O) groups is 1. The Morgan fingerprint density at radius 2 is 1.83 bits per heavy atom. The summed E-state index contributed by atoms with van der Waals surface area (Å²) in [5.74, 6) is 0.0967. The maximum atomic E-state index is 12.5. The van der Waals surface area contributed by atoms with Crippen molar-refractivity contribution in [3.05, 3.63) is 70.8 Å². The highest BCUT2D eigenvalue weighted by molar-refractivity contribution is 5.94. The Labute approximate surface area is 137 Å². The number of ether oxygens (including phenoxy) is 1. The average molecular weight is 309 g/mol. The molecule has 2 aromatic carbocycles. The van der Waals surface area contributed by atoms with Gasteiger partial charge in [-0.1, -0.05) is 36.4 Å². The van der Waals surface area contributed by atoms with Gasteiger partial charge in [-0.25, -0.2) is 0 Å². The molecular weight excluding hydrogens is 286 g/mol. The van der Waals surface area contributed by atoms with Crippen molar-refractivity contribution in [1.29, 1.82) is 0 Å². The van der Waals surface area contributed by atoms with E-state index in [9.17, 15) is 4.79 Å². The van der Waals surface area contributed by atoms with Gasteiger partial charge in [0.15, 0.2) is 0 Å². The predicted octanol–water partition coefficient (Wildman–Crippen LogP) is 3.81. The van der Waals surface area contributed by atoms with Gasteiger partial charge in [-0.3, -0.25) is 4.79 Å². The second-order valence-corrected chi connectivity index (χ2v) is 6.15. The molecule has 0 aliphatic carbocycles. The number of rotatable bonds is 6. The fourth-order valence-electron chi connectivity index (χ4n) is 2.95. The third-order valence-electron chi connectivity index (χ3n) is 4.37. The highest BCUT2D eigenvalue weighted by Gasteiger charge is 2.16. The molecule has 120 valence electrons. The molecule has 0 bridgehead atoms. The van der Waals surface area contributed by atoms with Crippen molar-refractivity contribution in [2.75, 3.05) is 13.6 Å². The number of benzene rings is 2. The van der Waals surface area contributed by atoms with Crippen LogP contribution in [0.2, 0.25) is 0 Å². The normalized spacial score (nSPS) is 12.9. The van der Waals surface area contributed by atoms with Crippen molar-refractivity contribution in [2.45, 2.75) is 32.5 Å². The van der Waals surface area contributed by atoms with Crippen LogP contribution in [0, 0.1) is 0 Å². The van der Waals surface area contributed by atoms with E-state index in [1.54, 1.807) is 0 Å². The maximum absolute atomic E-state index is 12.5. The number of aryl methyl sites for hydroxylation is 1. The van der Waals surface area contributed by atoms with Gasteiger partial charge in [-0.05, 0) is 48.1 Å². The molecular formula is C20H23NO2. The number of hydrogen-bond acceptors (Lipinski definition) is 2. The number of amides is 1.